The summed E-state index contributed by atoms with van der Waals surface area (Å²) in [6, 6.07) is 11.1. The molecule has 0 saturated carbocycles. The molecule has 3 rings (SSSR count). The van der Waals surface area contributed by atoms with Gasteiger partial charge in [0.25, 0.3) is 5.89 Å². The molecule has 2 aromatic carbocycles. The van der Waals surface area contributed by atoms with Gasteiger partial charge in [-0.05, 0) is 49.2 Å². The van der Waals surface area contributed by atoms with Gasteiger partial charge >= 0.3 is 0 Å². The molecule has 9 heteroatoms. The van der Waals surface area contributed by atoms with Crippen molar-refractivity contribution in [3.8, 4) is 17.2 Å². The Morgan fingerprint density at radius 1 is 1.21 bits per heavy atom. The fourth-order valence-electron chi connectivity index (χ4n) is 2.83. The first-order chi connectivity index (χ1) is 13.8. The molecule has 29 heavy (non-hydrogen) atoms. The molecule has 7 nitrogen and oxygen atoms in total. The fraction of sp³-hybridized carbons (Fsp3) is 0.300. The molecular formula is C20H22ClN3O4S. The second-order valence-electron chi connectivity index (χ2n) is 6.52. The van der Waals surface area contributed by atoms with Gasteiger partial charge in [0.05, 0.1) is 17.6 Å². The van der Waals surface area contributed by atoms with E-state index in [-0.39, 0.29) is 10.8 Å². The van der Waals surface area contributed by atoms with E-state index in [0.29, 0.717) is 28.6 Å². The number of rotatable bonds is 8. The third-order valence-corrected chi connectivity index (χ3v) is 6.15. The van der Waals surface area contributed by atoms with E-state index in [4.69, 9.17) is 20.9 Å². The molecule has 1 N–H and O–H groups in total. The van der Waals surface area contributed by atoms with E-state index < -0.39 is 16.1 Å². The Hall–Kier alpha value is -2.42. The maximum Gasteiger partial charge on any atom is 0.261 e. The van der Waals surface area contributed by atoms with Crippen LogP contribution in [0.25, 0.3) is 11.5 Å². The van der Waals surface area contributed by atoms with E-state index in [1.54, 1.807) is 37.3 Å². The van der Waals surface area contributed by atoms with Crippen LogP contribution in [-0.4, -0.2) is 25.7 Å². The van der Waals surface area contributed by atoms with Crippen molar-refractivity contribution in [2.45, 2.75) is 37.6 Å². The topological polar surface area (TPSA) is 94.3 Å². The number of sulfonamides is 1. The highest BCUT2D eigenvalue weighted by Crippen LogP contribution is 2.32. The normalized spacial score (nSPS) is 12.7. The summed E-state index contributed by atoms with van der Waals surface area (Å²) < 4.78 is 39.2. The summed E-state index contributed by atoms with van der Waals surface area (Å²) in [5.41, 5.74) is 1.22. The quantitative estimate of drug-likeness (QED) is 0.563. The number of halogens is 1. The molecule has 0 amide bonds. The van der Waals surface area contributed by atoms with Crippen molar-refractivity contribution in [2.75, 3.05) is 7.11 Å². The second-order valence-corrected chi connectivity index (χ2v) is 8.67. The van der Waals surface area contributed by atoms with Gasteiger partial charge in [-0.1, -0.05) is 35.8 Å². The van der Waals surface area contributed by atoms with Crippen molar-refractivity contribution in [1.29, 1.82) is 0 Å². The van der Waals surface area contributed by atoms with Crippen LogP contribution in [0.2, 0.25) is 5.02 Å². The average Bonchev–Trinajstić information content (AvgIpc) is 3.16. The van der Waals surface area contributed by atoms with Gasteiger partial charge < -0.3 is 9.26 Å². The van der Waals surface area contributed by atoms with Crippen LogP contribution in [0.4, 0.5) is 0 Å². The Morgan fingerprint density at radius 3 is 2.59 bits per heavy atom. The van der Waals surface area contributed by atoms with E-state index in [1.807, 2.05) is 6.92 Å². The number of benzene rings is 2. The van der Waals surface area contributed by atoms with Gasteiger partial charge in [-0.3, -0.25) is 0 Å². The van der Waals surface area contributed by atoms with Crippen LogP contribution < -0.4 is 9.46 Å². The van der Waals surface area contributed by atoms with Gasteiger partial charge in [-0.2, -0.15) is 4.98 Å². The number of ether oxygens (including phenoxy) is 1. The van der Waals surface area contributed by atoms with Gasteiger partial charge in [-0.15, -0.1) is 0 Å². The van der Waals surface area contributed by atoms with Crippen molar-refractivity contribution in [3.05, 3.63) is 58.9 Å². The van der Waals surface area contributed by atoms with Crippen molar-refractivity contribution in [2.24, 2.45) is 0 Å². The third-order valence-electron chi connectivity index (χ3n) is 4.36. The van der Waals surface area contributed by atoms with Crippen LogP contribution >= 0.6 is 11.6 Å². The number of hydrogen-bond acceptors (Lipinski definition) is 6. The Morgan fingerprint density at radius 2 is 1.93 bits per heavy atom. The van der Waals surface area contributed by atoms with Gasteiger partial charge in [0, 0.05) is 17.5 Å². The first-order valence-electron chi connectivity index (χ1n) is 9.13. The highest BCUT2D eigenvalue weighted by Gasteiger charge is 2.22. The molecule has 154 valence electrons. The zero-order valence-electron chi connectivity index (χ0n) is 16.3. The van der Waals surface area contributed by atoms with Crippen LogP contribution in [0.1, 0.15) is 37.7 Å². The lowest BCUT2D eigenvalue weighted by Crippen LogP contribution is -2.26. The Kier molecular flexibility index (Phi) is 6.56. The summed E-state index contributed by atoms with van der Waals surface area (Å²) >= 11 is 5.90. The maximum absolute atomic E-state index is 12.9. The molecule has 0 aliphatic rings. The zero-order valence-corrected chi connectivity index (χ0v) is 17.9. The Labute approximate surface area is 175 Å². The molecule has 3 aromatic rings. The third kappa shape index (κ3) is 4.95. The largest absolute Gasteiger partial charge is 0.496 e. The Balaban J connectivity index is 1.91. The van der Waals surface area contributed by atoms with Crippen LogP contribution in [0, 0.1) is 0 Å². The lowest BCUT2D eigenvalue weighted by Gasteiger charge is -2.15. The summed E-state index contributed by atoms with van der Waals surface area (Å²) in [5, 5.41) is 4.52. The first-order valence-corrected chi connectivity index (χ1v) is 11.0. The van der Waals surface area contributed by atoms with Gasteiger partial charge in [0.15, 0.2) is 5.82 Å². The lowest BCUT2D eigenvalue weighted by atomic mass is 10.1. The van der Waals surface area contributed by atoms with E-state index in [2.05, 4.69) is 14.9 Å². The molecule has 0 radical (unpaired) electrons. The van der Waals surface area contributed by atoms with Crippen molar-refractivity contribution in [1.82, 2.24) is 14.9 Å². The molecule has 1 heterocycles. The van der Waals surface area contributed by atoms with Crippen molar-refractivity contribution < 1.29 is 17.7 Å². The molecule has 0 bridgehead atoms. The minimum Gasteiger partial charge on any atom is -0.496 e. The predicted octanol–water partition coefficient (Wildman–Crippen LogP) is 4.39. The molecule has 0 unspecified atom stereocenters. The minimum absolute atomic E-state index is 0.0735. The van der Waals surface area contributed by atoms with E-state index in [9.17, 15) is 8.42 Å². The number of nitrogens with one attached hydrogen (secondary N) is 1. The molecule has 0 saturated heterocycles. The smallest absolute Gasteiger partial charge is 0.261 e. The SMILES string of the molecule is CCCc1noc(-c2cc(S(=O)(=O)N[C@H](C)c3ccc(Cl)cc3)ccc2OC)n1. The summed E-state index contributed by atoms with van der Waals surface area (Å²) in [4.78, 5) is 4.41. The number of hydrogen-bond donors (Lipinski definition) is 1. The zero-order chi connectivity index (χ0) is 21.0. The average molecular weight is 436 g/mol. The first kappa shape index (κ1) is 21.3. The molecule has 1 aromatic heterocycles. The summed E-state index contributed by atoms with van der Waals surface area (Å²) in [6.07, 6.45) is 1.54. The highest BCUT2D eigenvalue weighted by atomic mass is 35.5. The lowest BCUT2D eigenvalue weighted by molar-refractivity contribution is 0.402. The molecule has 0 aliphatic heterocycles. The van der Waals surface area contributed by atoms with E-state index in [0.717, 1.165) is 12.0 Å². The van der Waals surface area contributed by atoms with Gasteiger partial charge in [0.1, 0.15) is 5.75 Å². The van der Waals surface area contributed by atoms with Gasteiger partial charge in [0.2, 0.25) is 10.0 Å². The van der Waals surface area contributed by atoms with Crippen LogP contribution in [-0.2, 0) is 16.4 Å². The molecular weight excluding hydrogens is 414 g/mol. The van der Waals surface area contributed by atoms with Gasteiger partial charge in [-0.25, -0.2) is 13.1 Å². The second kappa shape index (κ2) is 8.94. The van der Waals surface area contributed by atoms with Crippen molar-refractivity contribution in [3.63, 3.8) is 0 Å². The van der Waals surface area contributed by atoms with Crippen LogP contribution in [0.5, 0.6) is 5.75 Å². The Bertz CT molecular complexity index is 1080. The van der Waals surface area contributed by atoms with Crippen LogP contribution in [0.15, 0.2) is 51.9 Å². The number of methoxy groups -OCH3 is 1. The van der Waals surface area contributed by atoms with E-state index >= 15 is 0 Å². The summed E-state index contributed by atoms with van der Waals surface area (Å²) in [6.45, 7) is 3.78. The number of aryl methyl sites for hydroxylation is 1. The number of nitrogens with zero attached hydrogens (tertiary/aromatic N) is 2. The van der Waals surface area contributed by atoms with E-state index in [1.165, 1.54) is 19.2 Å². The molecule has 0 aliphatic carbocycles. The van der Waals surface area contributed by atoms with Crippen molar-refractivity contribution >= 4 is 21.6 Å². The molecule has 0 spiro atoms. The molecule has 1 atom stereocenters. The summed E-state index contributed by atoms with van der Waals surface area (Å²) in [5.74, 6) is 1.22. The highest BCUT2D eigenvalue weighted by molar-refractivity contribution is 7.89. The number of aromatic nitrogens is 2. The predicted molar refractivity (Wildman–Crippen MR) is 110 cm³/mol. The molecule has 0 fully saturated rings. The monoisotopic (exact) mass is 435 g/mol. The standard InChI is InChI=1S/C20H22ClN3O4S/c1-4-5-19-22-20(28-23-19)17-12-16(10-11-18(17)27-3)29(25,26)24-13(2)14-6-8-15(21)9-7-14/h6-13,24H,4-5H2,1-3H3/t13-/m1/s1. The summed E-state index contributed by atoms with van der Waals surface area (Å²) in [7, 11) is -2.31. The maximum atomic E-state index is 12.9. The minimum atomic E-state index is -3.81. The fourth-order valence-corrected chi connectivity index (χ4v) is 4.21. The van der Waals surface area contributed by atoms with Crippen LogP contribution in [0.3, 0.4) is 0 Å².